The molecular formula is C25H26FN5O2. The molecule has 0 spiro atoms. The minimum atomic E-state index is -1.03. The average Bonchev–Trinajstić information content (AvgIpc) is 3.46. The molecule has 1 N–H and O–H groups in total. The molecule has 0 amide bonds. The van der Waals surface area contributed by atoms with Crippen LogP contribution < -0.4 is 4.90 Å². The van der Waals surface area contributed by atoms with E-state index in [0.717, 1.165) is 41.3 Å². The summed E-state index contributed by atoms with van der Waals surface area (Å²) in [5.41, 5.74) is 3.80. The van der Waals surface area contributed by atoms with Crippen LogP contribution in [0.4, 0.5) is 10.2 Å². The van der Waals surface area contributed by atoms with Crippen molar-refractivity contribution in [2.75, 3.05) is 4.90 Å². The number of anilines is 1. The largest absolute Gasteiger partial charge is 0.385 e. The van der Waals surface area contributed by atoms with Gasteiger partial charge in [-0.05, 0) is 51.3 Å². The lowest BCUT2D eigenvalue weighted by atomic mass is 9.80. The lowest BCUT2D eigenvalue weighted by Crippen LogP contribution is -2.50. The maximum Gasteiger partial charge on any atom is 0.158 e. The van der Waals surface area contributed by atoms with Gasteiger partial charge in [0.2, 0.25) is 0 Å². The predicted molar refractivity (Wildman–Crippen MR) is 122 cm³/mol. The van der Waals surface area contributed by atoms with Gasteiger partial charge in [0.15, 0.2) is 5.65 Å². The van der Waals surface area contributed by atoms with Crippen molar-refractivity contribution in [3.8, 4) is 11.4 Å². The molecule has 2 saturated heterocycles. The molecule has 2 atom stereocenters. The summed E-state index contributed by atoms with van der Waals surface area (Å²) in [5, 5.41) is 20.5. The van der Waals surface area contributed by atoms with Crippen LogP contribution >= 0.6 is 0 Å². The molecule has 2 bridgehead atoms. The van der Waals surface area contributed by atoms with E-state index in [1.54, 1.807) is 6.07 Å². The van der Waals surface area contributed by atoms with E-state index < -0.39 is 5.60 Å². The quantitative estimate of drug-likeness (QED) is 0.499. The van der Waals surface area contributed by atoms with Gasteiger partial charge in [-0.2, -0.15) is 9.61 Å². The number of fused-ring (bicyclic) bond motifs is 3. The second-order valence-corrected chi connectivity index (χ2v) is 9.51. The molecule has 170 valence electrons. The van der Waals surface area contributed by atoms with Gasteiger partial charge in [-0.15, -0.1) is 0 Å². The topological polar surface area (TPSA) is 79.7 Å². The smallest absolute Gasteiger partial charge is 0.158 e. The molecule has 0 radical (unpaired) electrons. The molecule has 2 aliphatic rings. The van der Waals surface area contributed by atoms with E-state index in [4.69, 9.17) is 14.6 Å². The molecule has 6 rings (SSSR count). The Kier molecular flexibility index (Phi) is 4.39. The van der Waals surface area contributed by atoms with Crippen LogP contribution in [0.5, 0.6) is 0 Å². The lowest BCUT2D eigenvalue weighted by Gasteiger charge is -2.45. The van der Waals surface area contributed by atoms with E-state index in [1.807, 2.05) is 36.6 Å². The minimum Gasteiger partial charge on any atom is -0.385 e. The summed E-state index contributed by atoms with van der Waals surface area (Å²) < 4.78 is 21.1. The first-order valence-corrected chi connectivity index (χ1v) is 11.4. The Morgan fingerprint density at radius 1 is 1.06 bits per heavy atom. The van der Waals surface area contributed by atoms with Crippen molar-refractivity contribution in [3.05, 3.63) is 64.8 Å². The van der Waals surface area contributed by atoms with Crippen molar-refractivity contribution in [2.45, 2.75) is 64.1 Å². The zero-order valence-electron chi connectivity index (χ0n) is 18.9. The molecule has 0 unspecified atom stereocenters. The SMILES string of the molecule is Cc1cc(-c2cc3nc(C)c(C)c(N4[C@@H]5CC[C@@H]4CC(O)(c4cccc(F)c4)C5)n3n2)no1. The van der Waals surface area contributed by atoms with Crippen LogP contribution in [0.2, 0.25) is 0 Å². The zero-order valence-corrected chi connectivity index (χ0v) is 18.9. The number of piperidine rings is 1. The number of aromatic nitrogens is 4. The summed E-state index contributed by atoms with van der Waals surface area (Å²) >= 11 is 0. The highest BCUT2D eigenvalue weighted by Gasteiger charge is 2.49. The first-order chi connectivity index (χ1) is 15.8. The standard InChI is InChI=1S/C25H26FN5O2/c1-14-9-22(29-33-14)21-11-23-27-16(3)15(2)24(31(23)28-21)30-19-7-8-20(30)13-25(32,12-19)17-5-4-6-18(26)10-17/h4-6,9-11,19-20,32H,7-8,12-13H2,1-3H3/t19-,20-/m1/s1. The van der Waals surface area contributed by atoms with Crippen molar-refractivity contribution < 1.29 is 14.0 Å². The third-order valence-electron chi connectivity index (χ3n) is 7.32. The van der Waals surface area contributed by atoms with Crippen molar-refractivity contribution in [3.63, 3.8) is 0 Å². The fourth-order valence-electron chi connectivity index (χ4n) is 5.68. The molecule has 2 aliphatic heterocycles. The van der Waals surface area contributed by atoms with Gasteiger partial charge in [-0.3, -0.25) is 0 Å². The van der Waals surface area contributed by atoms with E-state index in [1.165, 1.54) is 12.1 Å². The summed E-state index contributed by atoms with van der Waals surface area (Å²) in [4.78, 5) is 7.18. The number of nitrogens with zero attached hydrogens (tertiary/aromatic N) is 5. The Morgan fingerprint density at radius 3 is 2.48 bits per heavy atom. The molecule has 2 fully saturated rings. The van der Waals surface area contributed by atoms with Crippen LogP contribution in [0.1, 0.15) is 48.3 Å². The van der Waals surface area contributed by atoms with Crippen molar-refractivity contribution >= 4 is 11.5 Å². The van der Waals surface area contributed by atoms with E-state index in [-0.39, 0.29) is 17.9 Å². The summed E-state index contributed by atoms with van der Waals surface area (Å²) in [6, 6.07) is 10.4. The molecule has 8 heteroatoms. The Hall–Kier alpha value is -3.26. The monoisotopic (exact) mass is 447 g/mol. The highest BCUT2D eigenvalue weighted by atomic mass is 19.1. The third kappa shape index (κ3) is 3.15. The van der Waals surface area contributed by atoms with Crippen molar-refractivity contribution in [1.29, 1.82) is 0 Å². The van der Waals surface area contributed by atoms with Crippen molar-refractivity contribution in [1.82, 2.24) is 19.8 Å². The second-order valence-electron chi connectivity index (χ2n) is 9.51. The zero-order chi connectivity index (χ0) is 22.9. The van der Waals surface area contributed by atoms with Crippen LogP contribution in [0.15, 0.2) is 40.9 Å². The Morgan fingerprint density at radius 2 is 1.82 bits per heavy atom. The number of aryl methyl sites for hydroxylation is 2. The molecular weight excluding hydrogens is 421 g/mol. The van der Waals surface area contributed by atoms with Crippen molar-refractivity contribution in [2.24, 2.45) is 0 Å². The van der Waals surface area contributed by atoms with Crippen LogP contribution in [0.3, 0.4) is 0 Å². The first-order valence-electron chi connectivity index (χ1n) is 11.4. The maximum atomic E-state index is 13.9. The van der Waals surface area contributed by atoms with E-state index in [2.05, 4.69) is 17.0 Å². The van der Waals surface area contributed by atoms with Gasteiger partial charge < -0.3 is 14.5 Å². The van der Waals surface area contributed by atoms with Gasteiger partial charge >= 0.3 is 0 Å². The van der Waals surface area contributed by atoms with Crippen LogP contribution in [0, 0.1) is 26.6 Å². The molecule has 4 aromatic rings. The van der Waals surface area contributed by atoms with Gasteiger partial charge in [0, 0.05) is 48.3 Å². The molecule has 3 aromatic heterocycles. The van der Waals surface area contributed by atoms with E-state index in [0.29, 0.717) is 29.8 Å². The van der Waals surface area contributed by atoms with E-state index in [9.17, 15) is 9.50 Å². The van der Waals surface area contributed by atoms with Crippen LogP contribution in [-0.4, -0.2) is 36.9 Å². The van der Waals surface area contributed by atoms with Gasteiger partial charge in [-0.25, -0.2) is 9.37 Å². The second kappa shape index (κ2) is 7.12. The number of rotatable bonds is 3. The Labute approximate surface area is 190 Å². The molecule has 0 aliphatic carbocycles. The van der Waals surface area contributed by atoms with Gasteiger partial charge in [-0.1, -0.05) is 17.3 Å². The number of halogens is 1. The van der Waals surface area contributed by atoms with Gasteiger partial charge in [0.25, 0.3) is 0 Å². The summed E-state index contributed by atoms with van der Waals surface area (Å²) in [6.45, 7) is 5.95. The maximum absolute atomic E-state index is 13.9. The highest BCUT2D eigenvalue weighted by molar-refractivity contribution is 5.65. The number of hydrogen-bond acceptors (Lipinski definition) is 6. The summed E-state index contributed by atoms with van der Waals surface area (Å²) in [7, 11) is 0. The lowest BCUT2D eigenvalue weighted by molar-refractivity contribution is -0.00356. The Bertz CT molecular complexity index is 1360. The molecule has 0 saturated carbocycles. The fourth-order valence-corrected chi connectivity index (χ4v) is 5.68. The minimum absolute atomic E-state index is 0.127. The normalized spacial score (nSPS) is 24.7. The number of hydrogen-bond donors (Lipinski definition) is 1. The molecule has 1 aromatic carbocycles. The molecule has 7 nitrogen and oxygen atoms in total. The predicted octanol–water partition coefficient (Wildman–Crippen LogP) is 4.47. The third-order valence-corrected chi connectivity index (χ3v) is 7.32. The highest BCUT2D eigenvalue weighted by Crippen LogP contribution is 2.48. The van der Waals surface area contributed by atoms with Gasteiger partial charge in [0.05, 0.1) is 5.60 Å². The van der Waals surface area contributed by atoms with Gasteiger partial charge in [0.1, 0.15) is 28.8 Å². The van der Waals surface area contributed by atoms with Crippen LogP contribution in [0.25, 0.3) is 17.0 Å². The fraction of sp³-hybridized carbons (Fsp3) is 0.400. The average molecular weight is 448 g/mol. The molecule has 33 heavy (non-hydrogen) atoms. The summed E-state index contributed by atoms with van der Waals surface area (Å²) in [6.07, 6.45) is 3.04. The number of benzene rings is 1. The molecule has 5 heterocycles. The summed E-state index contributed by atoms with van der Waals surface area (Å²) in [5.74, 6) is 1.43. The van der Waals surface area contributed by atoms with Crippen LogP contribution in [-0.2, 0) is 5.60 Å². The van der Waals surface area contributed by atoms with E-state index >= 15 is 0 Å². The Balaban J connectivity index is 1.44. The number of aliphatic hydroxyl groups is 1. The first kappa shape index (κ1) is 20.4.